The number of aromatic nitrogens is 1. The molecule has 0 aliphatic rings. The number of aryl methyl sites for hydroxylation is 1. The lowest BCUT2D eigenvalue weighted by molar-refractivity contribution is -0.605. The number of hydrogen-bond donors (Lipinski definition) is 0. The first-order chi connectivity index (χ1) is 6.74. The van der Waals surface area contributed by atoms with Gasteiger partial charge in [-0.05, 0) is 13.3 Å². The van der Waals surface area contributed by atoms with Gasteiger partial charge in [0.1, 0.15) is 5.75 Å². The van der Waals surface area contributed by atoms with Crippen molar-refractivity contribution in [3.05, 3.63) is 29.2 Å². The molecule has 0 spiro atoms. The van der Waals surface area contributed by atoms with Crippen LogP contribution in [0.1, 0.15) is 31.7 Å². The Morgan fingerprint density at radius 1 is 1.43 bits per heavy atom. The zero-order valence-electron chi connectivity index (χ0n) is 8.82. The molecule has 0 atom stereocenters. The lowest BCUT2D eigenvalue weighted by Gasteiger charge is -2.07. The number of pyridine rings is 1. The van der Waals surface area contributed by atoms with Gasteiger partial charge in [0.25, 0.3) is 0 Å². The van der Waals surface area contributed by atoms with Crippen LogP contribution in [0.3, 0.4) is 0 Å². The van der Waals surface area contributed by atoms with Crippen molar-refractivity contribution >= 4 is 0 Å². The fraction of sp³-hybridized carbons (Fsp3) is 0.545. The minimum atomic E-state index is 0.734. The molecule has 3 nitrogen and oxygen atoms in total. The van der Waals surface area contributed by atoms with Crippen molar-refractivity contribution in [2.24, 2.45) is 0 Å². The molecule has 0 aromatic carbocycles. The molecule has 3 heteroatoms. The molecule has 1 aromatic rings. The predicted molar refractivity (Wildman–Crippen MR) is 55.2 cm³/mol. The van der Waals surface area contributed by atoms with E-state index in [1.807, 2.05) is 6.92 Å². The molecular formula is C11H17NO2. The summed E-state index contributed by atoms with van der Waals surface area (Å²) in [5.41, 5.74) is 0.888. The second kappa shape index (κ2) is 5.47. The van der Waals surface area contributed by atoms with Crippen LogP contribution in [-0.4, -0.2) is 6.61 Å². The second-order valence-corrected chi connectivity index (χ2v) is 3.41. The minimum Gasteiger partial charge on any atom is -0.619 e. The lowest BCUT2D eigenvalue weighted by atomic mass is 10.2. The highest BCUT2D eigenvalue weighted by Crippen LogP contribution is 2.14. The minimum absolute atomic E-state index is 0.734. The van der Waals surface area contributed by atoms with Crippen LogP contribution in [0.5, 0.6) is 5.75 Å². The Labute approximate surface area is 84.9 Å². The quantitative estimate of drug-likeness (QED) is 0.410. The number of rotatable bonds is 5. The van der Waals surface area contributed by atoms with Crippen LogP contribution in [0, 0.1) is 12.1 Å². The largest absolute Gasteiger partial charge is 0.619 e. The van der Waals surface area contributed by atoms with E-state index in [1.54, 1.807) is 6.07 Å². The first-order valence-corrected chi connectivity index (χ1v) is 5.06. The zero-order valence-corrected chi connectivity index (χ0v) is 8.82. The third-order valence-corrected chi connectivity index (χ3v) is 2.09. The predicted octanol–water partition coefficient (Wildman–Crippen LogP) is 2.20. The Morgan fingerprint density at radius 3 is 2.86 bits per heavy atom. The van der Waals surface area contributed by atoms with Gasteiger partial charge in [0.2, 0.25) is 0 Å². The maximum absolute atomic E-state index is 10.9. The molecule has 0 radical (unpaired) electrons. The van der Waals surface area contributed by atoms with Crippen LogP contribution in [0.25, 0.3) is 0 Å². The van der Waals surface area contributed by atoms with Gasteiger partial charge in [0.05, 0.1) is 12.2 Å². The van der Waals surface area contributed by atoms with Crippen molar-refractivity contribution < 1.29 is 9.47 Å². The highest BCUT2D eigenvalue weighted by atomic mass is 16.5. The molecule has 0 aliphatic carbocycles. The van der Waals surface area contributed by atoms with E-state index < -0.39 is 0 Å². The highest BCUT2D eigenvalue weighted by molar-refractivity contribution is 5.26. The molecule has 0 saturated heterocycles. The van der Waals surface area contributed by atoms with Gasteiger partial charge in [0, 0.05) is 6.07 Å². The van der Waals surface area contributed by atoms with Gasteiger partial charge >= 0.3 is 0 Å². The van der Waals surface area contributed by atoms with Gasteiger partial charge in [0.15, 0.2) is 12.4 Å². The van der Waals surface area contributed by atoms with E-state index in [1.165, 1.54) is 25.2 Å². The Hall–Kier alpha value is -1.25. The van der Waals surface area contributed by atoms with Gasteiger partial charge in [-0.25, -0.2) is 0 Å². The summed E-state index contributed by atoms with van der Waals surface area (Å²) >= 11 is 0. The van der Waals surface area contributed by atoms with Crippen LogP contribution in [0.2, 0.25) is 0 Å². The number of unbranched alkanes of at least 4 members (excludes halogenated alkanes) is 2. The standard InChI is InChI=1S/C11H17NO2/c1-3-4-5-8-14-11-6-7-12(13)9-10(11)2/h6-7,9H,3-5,8H2,1-2H3. The molecule has 1 rings (SSSR count). The Kier molecular flexibility index (Phi) is 4.23. The summed E-state index contributed by atoms with van der Waals surface area (Å²) in [7, 11) is 0. The molecule has 0 amide bonds. The Bertz CT molecular complexity index is 287. The molecular weight excluding hydrogens is 178 g/mol. The van der Waals surface area contributed by atoms with E-state index in [2.05, 4.69) is 6.92 Å². The van der Waals surface area contributed by atoms with Crippen LogP contribution >= 0.6 is 0 Å². The number of nitrogens with zero attached hydrogens (tertiary/aromatic N) is 1. The van der Waals surface area contributed by atoms with Gasteiger partial charge in [-0.1, -0.05) is 19.8 Å². The second-order valence-electron chi connectivity index (χ2n) is 3.41. The molecule has 0 fully saturated rings. The maximum Gasteiger partial charge on any atom is 0.186 e. The van der Waals surface area contributed by atoms with E-state index in [0.717, 1.165) is 29.1 Å². The highest BCUT2D eigenvalue weighted by Gasteiger charge is 2.02. The van der Waals surface area contributed by atoms with Crippen molar-refractivity contribution in [1.82, 2.24) is 0 Å². The molecule has 0 unspecified atom stereocenters. The molecule has 1 aromatic heterocycles. The van der Waals surface area contributed by atoms with Crippen LogP contribution in [-0.2, 0) is 0 Å². The van der Waals surface area contributed by atoms with E-state index in [4.69, 9.17) is 4.74 Å². The molecule has 0 saturated carbocycles. The van der Waals surface area contributed by atoms with E-state index in [9.17, 15) is 5.21 Å². The first kappa shape index (κ1) is 10.8. The van der Waals surface area contributed by atoms with Crippen LogP contribution < -0.4 is 9.47 Å². The maximum atomic E-state index is 10.9. The Balaban J connectivity index is 2.42. The lowest BCUT2D eigenvalue weighted by Crippen LogP contribution is -2.24. The molecule has 14 heavy (non-hydrogen) atoms. The smallest absolute Gasteiger partial charge is 0.186 e. The topological polar surface area (TPSA) is 36.2 Å². The number of hydrogen-bond acceptors (Lipinski definition) is 2. The normalized spacial score (nSPS) is 10.1. The monoisotopic (exact) mass is 195 g/mol. The number of ether oxygens (including phenoxy) is 1. The van der Waals surface area contributed by atoms with Gasteiger partial charge < -0.3 is 9.94 Å². The van der Waals surface area contributed by atoms with E-state index in [0.29, 0.717) is 0 Å². The SMILES string of the molecule is CCCCCOc1cc[n+]([O-])cc1C. The van der Waals surface area contributed by atoms with Crippen molar-refractivity contribution in [2.75, 3.05) is 6.61 Å². The van der Waals surface area contributed by atoms with Crippen molar-refractivity contribution in [1.29, 1.82) is 0 Å². The zero-order chi connectivity index (χ0) is 10.4. The van der Waals surface area contributed by atoms with Gasteiger partial charge in [-0.3, -0.25) is 0 Å². The van der Waals surface area contributed by atoms with Crippen LogP contribution in [0.4, 0.5) is 0 Å². The van der Waals surface area contributed by atoms with Crippen LogP contribution in [0.15, 0.2) is 18.5 Å². The summed E-state index contributed by atoms with van der Waals surface area (Å²) in [5, 5.41) is 10.9. The third-order valence-electron chi connectivity index (χ3n) is 2.09. The summed E-state index contributed by atoms with van der Waals surface area (Å²) in [4.78, 5) is 0. The fourth-order valence-electron chi connectivity index (χ4n) is 1.27. The average Bonchev–Trinajstić information content (AvgIpc) is 2.15. The first-order valence-electron chi connectivity index (χ1n) is 5.06. The molecule has 78 valence electrons. The molecule has 0 N–H and O–H groups in total. The summed E-state index contributed by atoms with van der Waals surface area (Å²) in [5.74, 6) is 0.813. The Morgan fingerprint density at radius 2 is 2.21 bits per heavy atom. The molecule has 1 heterocycles. The van der Waals surface area contributed by atoms with Crippen molar-refractivity contribution in [2.45, 2.75) is 33.1 Å². The molecule has 0 bridgehead atoms. The summed E-state index contributed by atoms with van der Waals surface area (Å²) in [6, 6.07) is 1.72. The molecule has 0 aliphatic heterocycles. The van der Waals surface area contributed by atoms with E-state index in [-0.39, 0.29) is 0 Å². The third kappa shape index (κ3) is 3.24. The fourth-order valence-corrected chi connectivity index (χ4v) is 1.27. The van der Waals surface area contributed by atoms with Gasteiger partial charge in [-0.2, -0.15) is 4.73 Å². The average molecular weight is 195 g/mol. The summed E-state index contributed by atoms with van der Waals surface area (Å²) in [6.45, 7) is 4.77. The van der Waals surface area contributed by atoms with Gasteiger partial charge in [-0.15, -0.1) is 0 Å². The van der Waals surface area contributed by atoms with E-state index >= 15 is 0 Å². The summed E-state index contributed by atoms with van der Waals surface area (Å²) in [6.07, 6.45) is 6.44. The summed E-state index contributed by atoms with van der Waals surface area (Å²) < 4.78 is 6.33. The van der Waals surface area contributed by atoms with Crippen molar-refractivity contribution in [3.8, 4) is 5.75 Å². The van der Waals surface area contributed by atoms with Crippen molar-refractivity contribution in [3.63, 3.8) is 0 Å².